The molecule has 4 heteroatoms. The highest BCUT2D eigenvalue weighted by Crippen LogP contribution is 2.17. The molecule has 0 aliphatic carbocycles. The van der Waals surface area contributed by atoms with Crippen LogP contribution in [0.25, 0.3) is 0 Å². The fourth-order valence-corrected chi connectivity index (χ4v) is 1.66. The highest BCUT2D eigenvalue weighted by Gasteiger charge is 2.08. The molecule has 1 rings (SSSR count). The fraction of sp³-hybridized carbons (Fsp3) is 0.538. The number of hydrogen-bond donors (Lipinski definition) is 1. The van der Waals surface area contributed by atoms with Crippen LogP contribution < -0.4 is 10.2 Å². The van der Waals surface area contributed by atoms with E-state index in [0.29, 0.717) is 12.5 Å². The first kappa shape index (κ1) is 13.5. The lowest BCUT2D eigenvalue weighted by atomic mass is 10.1. The molecular weight excluding hydrogens is 212 g/mol. The lowest BCUT2D eigenvalue weighted by Crippen LogP contribution is -2.25. The van der Waals surface area contributed by atoms with E-state index in [0.717, 1.165) is 18.9 Å². The summed E-state index contributed by atoms with van der Waals surface area (Å²) >= 11 is 0. The van der Waals surface area contributed by atoms with Gasteiger partial charge in [0.2, 0.25) is 0 Å². The molecule has 0 fully saturated rings. The number of nitrogens with one attached hydrogen (secondary N) is 1. The Labute approximate surface area is 103 Å². The molecule has 1 N–H and O–H groups in total. The van der Waals surface area contributed by atoms with E-state index in [1.54, 1.807) is 0 Å². The van der Waals surface area contributed by atoms with Crippen LogP contribution in [0, 0.1) is 11.3 Å². The molecule has 92 valence electrons. The molecule has 0 aliphatic rings. The molecule has 0 bridgehead atoms. The van der Waals surface area contributed by atoms with Crippen molar-refractivity contribution in [2.75, 3.05) is 25.0 Å². The van der Waals surface area contributed by atoms with Gasteiger partial charge in [-0.2, -0.15) is 5.26 Å². The molecule has 1 heterocycles. The first-order valence-corrected chi connectivity index (χ1v) is 5.98. The summed E-state index contributed by atoms with van der Waals surface area (Å²) < 4.78 is 0. The van der Waals surface area contributed by atoms with E-state index in [2.05, 4.69) is 41.2 Å². The molecule has 0 aliphatic heterocycles. The fourth-order valence-electron chi connectivity index (χ4n) is 1.66. The number of aromatic nitrogens is 1. The summed E-state index contributed by atoms with van der Waals surface area (Å²) in [6, 6.07) is 6.58. The summed E-state index contributed by atoms with van der Waals surface area (Å²) in [5.41, 5.74) is 1.22. The van der Waals surface area contributed by atoms with Gasteiger partial charge in [-0.15, -0.1) is 0 Å². The first-order valence-electron chi connectivity index (χ1n) is 5.98. The van der Waals surface area contributed by atoms with Gasteiger partial charge >= 0.3 is 0 Å². The molecule has 17 heavy (non-hydrogen) atoms. The Morgan fingerprint density at radius 1 is 1.59 bits per heavy atom. The van der Waals surface area contributed by atoms with Crippen LogP contribution in [0.3, 0.4) is 0 Å². The van der Waals surface area contributed by atoms with Gasteiger partial charge in [0.15, 0.2) is 0 Å². The summed E-state index contributed by atoms with van der Waals surface area (Å²) in [4.78, 5) is 6.49. The molecule has 0 radical (unpaired) electrons. The lowest BCUT2D eigenvalue weighted by Gasteiger charge is -2.22. The Morgan fingerprint density at radius 2 is 2.35 bits per heavy atom. The maximum atomic E-state index is 8.63. The number of rotatable bonds is 6. The van der Waals surface area contributed by atoms with E-state index in [9.17, 15) is 0 Å². The Morgan fingerprint density at radius 3 is 2.94 bits per heavy atom. The predicted octanol–water partition coefficient (Wildman–Crippen LogP) is 2.10. The minimum atomic E-state index is 0.312. The van der Waals surface area contributed by atoms with E-state index in [1.807, 2.05) is 19.3 Å². The Bertz CT molecular complexity index is 383. The van der Waals surface area contributed by atoms with E-state index in [-0.39, 0.29) is 0 Å². The normalized spacial score (nSPS) is 11.9. The Balaban J connectivity index is 2.85. The van der Waals surface area contributed by atoms with Crippen LogP contribution in [0.5, 0.6) is 0 Å². The van der Waals surface area contributed by atoms with Crippen molar-refractivity contribution in [3.05, 3.63) is 23.9 Å². The number of anilines is 1. The SMILES string of the molecule is CCN(CCC#N)c1cc(C(C)NC)ccn1. The average molecular weight is 232 g/mol. The summed E-state index contributed by atoms with van der Waals surface area (Å²) in [6.07, 6.45) is 2.36. The van der Waals surface area contributed by atoms with Crippen LogP contribution in [-0.4, -0.2) is 25.1 Å². The van der Waals surface area contributed by atoms with Crippen LogP contribution >= 0.6 is 0 Å². The number of nitrogens with zero attached hydrogens (tertiary/aromatic N) is 3. The molecule has 0 aromatic carbocycles. The van der Waals surface area contributed by atoms with Crippen molar-refractivity contribution in [1.82, 2.24) is 10.3 Å². The van der Waals surface area contributed by atoms with E-state index in [1.165, 1.54) is 5.56 Å². The Kier molecular flexibility index (Phi) is 5.44. The minimum absolute atomic E-state index is 0.312. The van der Waals surface area contributed by atoms with E-state index < -0.39 is 0 Å². The van der Waals surface area contributed by atoms with Gasteiger partial charge in [0.05, 0.1) is 12.5 Å². The van der Waals surface area contributed by atoms with Crippen LogP contribution in [0.2, 0.25) is 0 Å². The van der Waals surface area contributed by atoms with Crippen molar-refractivity contribution < 1.29 is 0 Å². The summed E-state index contributed by atoms with van der Waals surface area (Å²) in [5.74, 6) is 0.947. The van der Waals surface area contributed by atoms with Crippen LogP contribution in [-0.2, 0) is 0 Å². The van der Waals surface area contributed by atoms with Gasteiger partial charge in [-0.1, -0.05) is 0 Å². The second-order valence-electron chi connectivity index (χ2n) is 3.95. The average Bonchev–Trinajstić information content (AvgIpc) is 2.39. The maximum Gasteiger partial charge on any atom is 0.128 e. The minimum Gasteiger partial charge on any atom is -0.356 e. The largest absolute Gasteiger partial charge is 0.356 e. The van der Waals surface area contributed by atoms with Crippen molar-refractivity contribution in [3.63, 3.8) is 0 Å². The van der Waals surface area contributed by atoms with Crippen LogP contribution in [0.1, 0.15) is 31.9 Å². The first-order chi connectivity index (χ1) is 8.22. The Hall–Kier alpha value is -1.60. The van der Waals surface area contributed by atoms with Crippen molar-refractivity contribution >= 4 is 5.82 Å². The van der Waals surface area contributed by atoms with Crippen LogP contribution in [0.4, 0.5) is 5.82 Å². The third-order valence-electron chi connectivity index (χ3n) is 2.90. The molecule has 0 amide bonds. The molecule has 1 atom stereocenters. The van der Waals surface area contributed by atoms with Crippen molar-refractivity contribution in [1.29, 1.82) is 5.26 Å². The summed E-state index contributed by atoms with van der Waals surface area (Å²) in [5, 5.41) is 11.8. The van der Waals surface area contributed by atoms with Gasteiger partial charge < -0.3 is 10.2 Å². The van der Waals surface area contributed by atoms with E-state index >= 15 is 0 Å². The standard InChI is InChI=1S/C13H20N4/c1-4-17(9-5-7-14)13-10-12(6-8-16-13)11(2)15-3/h6,8,10-11,15H,4-5,9H2,1-3H3. The zero-order valence-electron chi connectivity index (χ0n) is 10.8. The van der Waals surface area contributed by atoms with Crippen molar-refractivity contribution in [3.8, 4) is 6.07 Å². The smallest absolute Gasteiger partial charge is 0.128 e. The van der Waals surface area contributed by atoms with Crippen molar-refractivity contribution in [2.45, 2.75) is 26.3 Å². The van der Waals surface area contributed by atoms with Gasteiger partial charge in [-0.05, 0) is 38.6 Å². The molecule has 0 saturated carbocycles. The molecule has 0 saturated heterocycles. The molecule has 4 nitrogen and oxygen atoms in total. The van der Waals surface area contributed by atoms with Gasteiger partial charge in [-0.25, -0.2) is 4.98 Å². The maximum absolute atomic E-state index is 8.63. The van der Waals surface area contributed by atoms with E-state index in [4.69, 9.17) is 5.26 Å². The second-order valence-corrected chi connectivity index (χ2v) is 3.95. The number of nitriles is 1. The van der Waals surface area contributed by atoms with Gasteiger partial charge in [-0.3, -0.25) is 0 Å². The molecular formula is C13H20N4. The zero-order chi connectivity index (χ0) is 12.7. The topological polar surface area (TPSA) is 52.0 Å². The van der Waals surface area contributed by atoms with Gasteiger partial charge in [0, 0.05) is 25.3 Å². The summed E-state index contributed by atoms with van der Waals surface area (Å²) in [7, 11) is 1.94. The third-order valence-corrected chi connectivity index (χ3v) is 2.90. The zero-order valence-corrected chi connectivity index (χ0v) is 10.8. The molecule has 1 unspecified atom stereocenters. The van der Waals surface area contributed by atoms with Gasteiger partial charge in [0.1, 0.15) is 5.82 Å². The highest BCUT2D eigenvalue weighted by molar-refractivity contribution is 5.41. The second kappa shape index (κ2) is 6.87. The number of pyridine rings is 1. The molecule has 1 aromatic rings. The summed E-state index contributed by atoms with van der Waals surface area (Å²) in [6.45, 7) is 5.79. The predicted molar refractivity (Wildman–Crippen MR) is 69.8 cm³/mol. The lowest BCUT2D eigenvalue weighted by molar-refractivity contribution is 0.650. The van der Waals surface area contributed by atoms with Crippen LogP contribution in [0.15, 0.2) is 18.3 Å². The van der Waals surface area contributed by atoms with Crippen molar-refractivity contribution in [2.24, 2.45) is 0 Å². The highest BCUT2D eigenvalue weighted by atomic mass is 15.2. The van der Waals surface area contributed by atoms with Gasteiger partial charge in [0.25, 0.3) is 0 Å². The monoisotopic (exact) mass is 232 g/mol. The molecule has 0 spiro atoms. The molecule has 1 aromatic heterocycles. The number of hydrogen-bond acceptors (Lipinski definition) is 4. The third kappa shape index (κ3) is 3.72. The quantitative estimate of drug-likeness (QED) is 0.816.